The Morgan fingerprint density at radius 3 is 2.18 bits per heavy atom. The molecule has 11 heavy (non-hydrogen) atoms. The molecule has 66 valence electrons. The van der Waals surface area contributed by atoms with E-state index in [4.69, 9.17) is 12.6 Å². The first-order chi connectivity index (χ1) is 5.20. The first kappa shape index (κ1) is 9.44. The van der Waals surface area contributed by atoms with Crippen molar-refractivity contribution in [1.82, 2.24) is 0 Å². The predicted molar refractivity (Wildman–Crippen MR) is 54.3 cm³/mol. The fourth-order valence-electron chi connectivity index (χ4n) is 1.98. The maximum Gasteiger partial charge on any atom is 0.0127 e. The summed E-state index contributed by atoms with van der Waals surface area (Å²) >= 11 is 4.73. The van der Waals surface area contributed by atoms with Crippen molar-refractivity contribution in [2.24, 2.45) is 5.92 Å². The molecule has 0 aromatic rings. The minimum absolute atomic E-state index is 0.395. The van der Waals surface area contributed by atoms with Crippen molar-refractivity contribution in [2.45, 2.75) is 57.1 Å². The molecule has 0 amide bonds. The molecule has 1 rings (SSSR count). The summed E-state index contributed by atoms with van der Waals surface area (Å²) in [4.78, 5) is 0. The van der Waals surface area contributed by atoms with Crippen LogP contribution in [0, 0.1) is 5.92 Å². The van der Waals surface area contributed by atoms with Crippen LogP contribution in [0.15, 0.2) is 0 Å². The summed E-state index contributed by atoms with van der Waals surface area (Å²) in [5.74, 6) is 1.00. The highest BCUT2D eigenvalue weighted by molar-refractivity contribution is 7.81. The molecule has 0 radical (unpaired) electrons. The Morgan fingerprint density at radius 2 is 1.82 bits per heavy atom. The molecular weight excluding hydrogens is 152 g/mol. The SMILES string of the molecule is CCC1CCC(S)(CC)CC1. The minimum atomic E-state index is 0.395. The zero-order chi connectivity index (χ0) is 8.32. The van der Waals surface area contributed by atoms with Gasteiger partial charge in [0.25, 0.3) is 0 Å². The smallest absolute Gasteiger partial charge is 0.0127 e. The molecule has 0 spiro atoms. The quantitative estimate of drug-likeness (QED) is 0.604. The highest BCUT2D eigenvalue weighted by atomic mass is 32.1. The van der Waals surface area contributed by atoms with Crippen LogP contribution in [0.25, 0.3) is 0 Å². The second-order valence-corrected chi connectivity index (χ2v) is 4.88. The molecule has 1 fully saturated rings. The lowest BCUT2D eigenvalue weighted by molar-refractivity contribution is 0.291. The average Bonchev–Trinajstić information content (AvgIpc) is 2.06. The van der Waals surface area contributed by atoms with Gasteiger partial charge in [-0.25, -0.2) is 0 Å². The van der Waals surface area contributed by atoms with Crippen LogP contribution in [0.3, 0.4) is 0 Å². The van der Waals surface area contributed by atoms with E-state index >= 15 is 0 Å². The second-order valence-electron chi connectivity index (χ2n) is 3.93. The summed E-state index contributed by atoms with van der Waals surface area (Å²) in [6.45, 7) is 4.57. The molecule has 1 aliphatic rings. The summed E-state index contributed by atoms with van der Waals surface area (Å²) in [6.07, 6.45) is 8.11. The van der Waals surface area contributed by atoms with Gasteiger partial charge in [0.15, 0.2) is 0 Å². The largest absolute Gasteiger partial charge is 0.173 e. The van der Waals surface area contributed by atoms with Gasteiger partial charge in [-0.1, -0.05) is 20.3 Å². The van der Waals surface area contributed by atoms with Gasteiger partial charge >= 0.3 is 0 Å². The van der Waals surface area contributed by atoms with Gasteiger partial charge in [-0.2, -0.15) is 12.6 Å². The van der Waals surface area contributed by atoms with Gasteiger partial charge in [-0.05, 0) is 38.0 Å². The molecule has 1 aliphatic carbocycles. The Hall–Kier alpha value is 0.350. The van der Waals surface area contributed by atoms with Gasteiger partial charge in [0.1, 0.15) is 0 Å². The summed E-state index contributed by atoms with van der Waals surface area (Å²) < 4.78 is 0.395. The Morgan fingerprint density at radius 1 is 1.27 bits per heavy atom. The van der Waals surface area contributed by atoms with E-state index in [1.807, 2.05) is 0 Å². The Labute approximate surface area is 76.2 Å². The monoisotopic (exact) mass is 172 g/mol. The topological polar surface area (TPSA) is 0 Å². The first-order valence-corrected chi connectivity index (χ1v) is 5.37. The van der Waals surface area contributed by atoms with Crippen LogP contribution in [-0.4, -0.2) is 4.75 Å². The molecule has 0 nitrogen and oxygen atoms in total. The molecule has 0 aliphatic heterocycles. The van der Waals surface area contributed by atoms with Crippen LogP contribution in [0.4, 0.5) is 0 Å². The lowest BCUT2D eigenvalue weighted by atomic mass is 9.79. The third kappa shape index (κ3) is 2.40. The third-order valence-corrected chi connectivity index (χ3v) is 4.03. The molecule has 0 saturated heterocycles. The van der Waals surface area contributed by atoms with Crippen molar-refractivity contribution in [3.05, 3.63) is 0 Å². The van der Waals surface area contributed by atoms with Crippen LogP contribution in [-0.2, 0) is 0 Å². The number of thiol groups is 1. The highest BCUT2D eigenvalue weighted by Crippen LogP contribution is 2.39. The maximum absolute atomic E-state index is 4.73. The van der Waals surface area contributed by atoms with Crippen LogP contribution in [0.5, 0.6) is 0 Å². The van der Waals surface area contributed by atoms with E-state index in [1.165, 1.54) is 38.5 Å². The molecular formula is C10H20S. The number of hydrogen-bond acceptors (Lipinski definition) is 1. The first-order valence-electron chi connectivity index (χ1n) is 4.92. The standard InChI is InChI=1S/C10H20S/c1-3-9-5-7-10(11,4-2)8-6-9/h9,11H,3-8H2,1-2H3. The summed E-state index contributed by atoms with van der Waals surface area (Å²) in [7, 11) is 0. The highest BCUT2D eigenvalue weighted by Gasteiger charge is 2.29. The Bertz CT molecular complexity index is 112. The second kappa shape index (κ2) is 3.84. The van der Waals surface area contributed by atoms with Gasteiger partial charge in [0, 0.05) is 4.75 Å². The van der Waals surface area contributed by atoms with Crippen LogP contribution < -0.4 is 0 Å². The molecule has 0 N–H and O–H groups in total. The van der Waals surface area contributed by atoms with E-state index in [0.717, 1.165) is 5.92 Å². The van der Waals surface area contributed by atoms with E-state index in [-0.39, 0.29) is 0 Å². The maximum atomic E-state index is 4.73. The van der Waals surface area contributed by atoms with Gasteiger partial charge in [0.05, 0.1) is 0 Å². The zero-order valence-electron chi connectivity index (χ0n) is 7.77. The van der Waals surface area contributed by atoms with Crippen molar-refractivity contribution in [3.8, 4) is 0 Å². The van der Waals surface area contributed by atoms with Gasteiger partial charge in [-0.15, -0.1) is 0 Å². The normalized spacial score (nSPS) is 39.0. The predicted octanol–water partition coefficient (Wildman–Crippen LogP) is 3.67. The fourth-order valence-corrected chi connectivity index (χ4v) is 2.23. The Balaban J connectivity index is 2.35. The molecule has 0 unspecified atom stereocenters. The summed E-state index contributed by atoms with van der Waals surface area (Å²) in [5, 5.41) is 0. The summed E-state index contributed by atoms with van der Waals surface area (Å²) in [6, 6.07) is 0. The van der Waals surface area contributed by atoms with Crippen molar-refractivity contribution in [2.75, 3.05) is 0 Å². The molecule has 0 atom stereocenters. The van der Waals surface area contributed by atoms with E-state index in [9.17, 15) is 0 Å². The third-order valence-electron chi connectivity index (χ3n) is 3.27. The van der Waals surface area contributed by atoms with E-state index < -0.39 is 0 Å². The van der Waals surface area contributed by atoms with Gasteiger partial charge < -0.3 is 0 Å². The van der Waals surface area contributed by atoms with Crippen LogP contribution in [0.2, 0.25) is 0 Å². The van der Waals surface area contributed by atoms with Crippen LogP contribution in [0.1, 0.15) is 52.4 Å². The molecule has 0 heterocycles. The molecule has 1 saturated carbocycles. The number of hydrogen-bond donors (Lipinski definition) is 1. The molecule has 1 heteroatoms. The van der Waals surface area contributed by atoms with Crippen LogP contribution >= 0.6 is 12.6 Å². The van der Waals surface area contributed by atoms with E-state index in [1.54, 1.807) is 0 Å². The van der Waals surface area contributed by atoms with E-state index in [2.05, 4.69) is 13.8 Å². The van der Waals surface area contributed by atoms with Crippen molar-refractivity contribution in [3.63, 3.8) is 0 Å². The van der Waals surface area contributed by atoms with Crippen molar-refractivity contribution in [1.29, 1.82) is 0 Å². The van der Waals surface area contributed by atoms with E-state index in [0.29, 0.717) is 4.75 Å². The zero-order valence-corrected chi connectivity index (χ0v) is 8.66. The summed E-state index contributed by atoms with van der Waals surface area (Å²) in [5.41, 5.74) is 0. The molecule has 0 bridgehead atoms. The number of rotatable bonds is 2. The molecule has 0 aromatic carbocycles. The van der Waals surface area contributed by atoms with Crippen molar-refractivity contribution >= 4 is 12.6 Å². The lowest BCUT2D eigenvalue weighted by Gasteiger charge is -2.35. The lowest BCUT2D eigenvalue weighted by Crippen LogP contribution is -2.27. The average molecular weight is 172 g/mol. The Kier molecular flexibility index (Phi) is 3.29. The van der Waals surface area contributed by atoms with Gasteiger partial charge in [-0.3, -0.25) is 0 Å². The minimum Gasteiger partial charge on any atom is -0.173 e. The molecule has 0 aromatic heterocycles. The fraction of sp³-hybridized carbons (Fsp3) is 1.00. The van der Waals surface area contributed by atoms with Crippen molar-refractivity contribution < 1.29 is 0 Å². The van der Waals surface area contributed by atoms with Gasteiger partial charge in [0.2, 0.25) is 0 Å².